The van der Waals surface area contributed by atoms with Crippen molar-refractivity contribution >= 4 is 33.8 Å². The van der Waals surface area contributed by atoms with Gasteiger partial charge in [0.1, 0.15) is 11.8 Å². The molecule has 2 heterocycles. The van der Waals surface area contributed by atoms with Crippen LogP contribution in [0.25, 0.3) is 0 Å². The number of piperidine rings is 1. The molecule has 2 saturated heterocycles. The van der Waals surface area contributed by atoms with E-state index in [1.807, 2.05) is 17.0 Å². The molecule has 2 atom stereocenters. The lowest BCUT2D eigenvalue weighted by molar-refractivity contribution is -0.122. The first-order chi connectivity index (χ1) is 11.9. The van der Waals surface area contributed by atoms with E-state index in [0.717, 1.165) is 9.20 Å². The number of hydrogen-bond acceptors (Lipinski definition) is 6. The highest BCUT2D eigenvalue weighted by Crippen LogP contribution is 2.27. The van der Waals surface area contributed by atoms with Crippen molar-refractivity contribution in [1.29, 1.82) is 0 Å². The number of rotatable bonds is 4. The molecule has 136 valence electrons. The van der Waals surface area contributed by atoms with E-state index < -0.39 is 22.2 Å². The Morgan fingerprint density at radius 3 is 2.88 bits per heavy atom. The van der Waals surface area contributed by atoms with Crippen LogP contribution < -0.4 is 14.8 Å². The second-order valence-electron chi connectivity index (χ2n) is 5.86. The van der Waals surface area contributed by atoms with Crippen LogP contribution in [0.5, 0.6) is 5.75 Å². The average molecular weight is 385 g/mol. The monoisotopic (exact) mass is 385 g/mol. The minimum Gasteiger partial charge on any atom is -0.496 e. The molecule has 0 aromatic heterocycles. The lowest BCUT2D eigenvalue weighted by Crippen LogP contribution is -2.49. The zero-order valence-electron chi connectivity index (χ0n) is 13.8. The highest BCUT2D eigenvalue weighted by molar-refractivity contribution is 7.98. The molecule has 0 spiro atoms. The Bertz CT molecular complexity index is 811. The van der Waals surface area contributed by atoms with Gasteiger partial charge in [-0.25, -0.2) is 4.72 Å². The summed E-state index contributed by atoms with van der Waals surface area (Å²) >= 11 is 1.55. The molecule has 25 heavy (non-hydrogen) atoms. The van der Waals surface area contributed by atoms with Crippen LogP contribution in [-0.2, 0) is 15.0 Å². The van der Waals surface area contributed by atoms with Gasteiger partial charge in [0.15, 0.2) is 0 Å². The molecule has 1 aromatic rings. The molecule has 0 radical (unpaired) electrons. The average Bonchev–Trinajstić information content (AvgIpc) is 2.82. The number of thioether (sulfide) groups is 1. The standard InChI is InChI=1S/C15H19N3O5S2/c1-23-13-8-10(24-2)3-4-11(13)14(19)16-9-5-6-18-12(7-9)15(20)17-25(18,21)22/h3-4,8-9,12H,5-7H2,1-2H3,(H,16,19)(H,17,20). The summed E-state index contributed by atoms with van der Waals surface area (Å²) in [6.07, 6.45) is 2.63. The lowest BCUT2D eigenvalue weighted by Gasteiger charge is -2.31. The van der Waals surface area contributed by atoms with E-state index in [0.29, 0.717) is 17.7 Å². The minimum atomic E-state index is -3.72. The molecular formula is C15H19N3O5S2. The van der Waals surface area contributed by atoms with Crippen LogP contribution in [0.4, 0.5) is 0 Å². The molecule has 2 aliphatic rings. The predicted molar refractivity (Wildman–Crippen MR) is 92.8 cm³/mol. The smallest absolute Gasteiger partial charge is 0.304 e. The Hall–Kier alpha value is -1.78. The summed E-state index contributed by atoms with van der Waals surface area (Å²) in [7, 11) is -2.22. The normalized spacial score (nSPS) is 25.1. The molecule has 2 unspecified atom stereocenters. The van der Waals surface area contributed by atoms with Crippen molar-refractivity contribution < 1.29 is 22.7 Å². The van der Waals surface area contributed by atoms with Gasteiger partial charge in [-0.2, -0.15) is 12.7 Å². The van der Waals surface area contributed by atoms with Gasteiger partial charge < -0.3 is 10.1 Å². The molecule has 1 aromatic carbocycles. The summed E-state index contributed by atoms with van der Waals surface area (Å²) < 4.78 is 32.0. The Kier molecular flexibility index (Phi) is 4.94. The number of nitrogens with zero attached hydrogens (tertiary/aromatic N) is 1. The second-order valence-corrected chi connectivity index (χ2v) is 8.36. The number of ether oxygens (including phenoxy) is 1. The summed E-state index contributed by atoms with van der Waals surface area (Å²) in [6, 6.07) is 4.28. The maximum absolute atomic E-state index is 12.6. The fraction of sp³-hybridized carbons (Fsp3) is 0.467. The molecule has 10 heteroatoms. The maximum atomic E-state index is 12.6. The van der Waals surface area contributed by atoms with Crippen molar-refractivity contribution in [3.8, 4) is 5.75 Å². The first-order valence-electron chi connectivity index (χ1n) is 7.72. The molecular weight excluding hydrogens is 366 g/mol. The van der Waals surface area contributed by atoms with Gasteiger partial charge >= 0.3 is 10.2 Å². The Morgan fingerprint density at radius 1 is 1.44 bits per heavy atom. The summed E-state index contributed by atoms with van der Waals surface area (Å²) in [4.78, 5) is 25.4. The van der Waals surface area contributed by atoms with Crippen molar-refractivity contribution in [3.05, 3.63) is 23.8 Å². The third-order valence-electron chi connectivity index (χ3n) is 4.38. The Morgan fingerprint density at radius 2 is 2.20 bits per heavy atom. The number of nitrogens with one attached hydrogen (secondary N) is 2. The molecule has 0 aliphatic carbocycles. The molecule has 2 N–H and O–H groups in total. The van der Waals surface area contributed by atoms with Gasteiger partial charge in [-0.15, -0.1) is 11.8 Å². The van der Waals surface area contributed by atoms with Crippen LogP contribution in [0.3, 0.4) is 0 Å². The molecule has 2 amide bonds. The first kappa shape index (κ1) is 18.0. The molecule has 3 rings (SSSR count). The zero-order valence-corrected chi connectivity index (χ0v) is 15.4. The minimum absolute atomic E-state index is 0.194. The molecule has 8 nitrogen and oxygen atoms in total. The summed E-state index contributed by atoms with van der Waals surface area (Å²) in [5, 5.41) is 2.88. The van der Waals surface area contributed by atoms with Crippen molar-refractivity contribution in [2.24, 2.45) is 0 Å². The fourth-order valence-electron chi connectivity index (χ4n) is 3.10. The van der Waals surface area contributed by atoms with Gasteiger partial charge in [-0.05, 0) is 37.3 Å². The van der Waals surface area contributed by atoms with E-state index in [1.165, 1.54) is 7.11 Å². The maximum Gasteiger partial charge on any atom is 0.304 e. The number of fused-ring (bicyclic) bond motifs is 1. The quantitative estimate of drug-likeness (QED) is 0.725. The van der Waals surface area contributed by atoms with E-state index in [1.54, 1.807) is 23.9 Å². The van der Waals surface area contributed by atoms with Crippen LogP contribution in [0.15, 0.2) is 23.1 Å². The van der Waals surface area contributed by atoms with Crippen LogP contribution in [0.2, 0.25) is 0 Å². The zero-order chi connectivity index (χ0) is 18.2. The molecule has 2 fully saturated rings. The SMILES string of the molecule is COc1cc(SC)ccc1C(=O)NC1CCN2C(C1)C(=O)NS2(=O)=O. The lowest BCUT2D eigenvalue weighted by atomic mass is 9.98. The van der Waals surface area contributed by atoms with Crippen molar-refractivity contribution in [3.63, 3.8) is 0 Å². The number of carbonyl (C=O) groups is 2. The number of methoxy groups -OCH3 is 1. The van der Waals surface area contributed by atoms with E-state index in [4.69, 9.17) is 4.74 Å². The highest BCUT2D eigenvalue weighted by atomic mass is 32.2. The van der Waals surface area contributed by atoms with E-state index in [-0.39, 0.29) is 24.9 Å². The Balaban J connectivity index is 1.72. The summed E-state index contributed by atoms with van der Waals surface area (Å²) in [5.41, 5.74) is 0.409. The fourth-order valence-corrected chi connectivity index (χ4v) is 4.90. The van der Waals surface area contributed by atoms with E-state index in [2.05, 4.69) is 5.32 Å². The second kappa shape index (κ2) is 6.85. The van der Waals surface area contributed by atoms with Crippen LogP contribution in [-0.4, -0.2) is 56.5 Å². The molecule has 0 saturated carbocycles. The predicted octanol–water partition coefficient (Wildman–Crippen LogP) is 0.354. The Labute approximate surface area is 150 Å². The van der Waals surface area contributed by atoms with Crippen LogP contribution >= 0.6 is 11.8 Å². The van der Waals surface area contributed by atoms with Crippen molar-refractivity contribution in [2.45, 2.75) is 29.8 Å². The van der Waals surface area contributed by atoms with Gasteiger partial charge in [0, 0.05) is 17.5 Å². The number of benzene rings is 1. The van der Waals surface area contributed by atoms with E-state index >= 15 is 0 Å². The number of amides is 2. The topological polar surface area (TPSA) is 105 Å². The number of hydrogen-bond donors (Lipinski definition) is 2. The van der Waals surface area contributed by atoms with Crippen LogP contribution in [0, 0.1) is 0 Å². The molecule has 2 aliphatic heterocycles. The van der Waals surface area contributed by atoms with Gasteiger partial charge in [0.2, 0.25) is 0 Å². The van der Waals surface area contributed by atoms with Crippen molar-refractivity contribution in [1.82, 2.24) is 14.3 Å². The van der Waals surface area contributed by atoms with Crippen LogP contribution in [0.1, 0.15) is 23.2 Å². The van der Waals surface area contributed by atoms with Gasteiger partial charge in [0.05, 0.1) is 12.7 Å². The third kappa shape index (κ3) is 3.46. The largest absolute Gasteiger partial charge is 0.496 e. The third-order valence-corrected chi connectivity index (χ3v) is 6.62. The first-order valence-corrected chi connectivity index (χ1v) is 10.4. The summed E-state index contributed by atoms with van der Waals surface area (Å²) in [6.45, 7) is 0.194. The van der Waals surface area contributed by atoms with E-state index in [9.17, 15) is 18.0 Å². The highest BCUT2D eigenvalue weighted by Gasteiger charge is 2.47. The van der Waals surface area contributed by atoms with Crippen molar-refractivity contribution in [2.75, 3.05) is 19.9 Å². The van der Waals surface area contributed by atoms with Gasteiger partial charge in [0.25, 0.3) is 11.8 Å². The number of carbonyl (C=O) groups excluding carboxylic acids is 2. The molecule has 0 bridgehead atoms. The van der Waals surface area contributed by atoms with Gasteiger partial charge in [-0.1, -0.05) is 0 Å². The summed E-state index contributed by atoms with van der Waals surface area (Å²) in [5.74, 6) is -0.368. The van der Waals surface area contributed by atoms with Gasteiger partial charge in [-0.3, -0.25) is 9.59 Å².